The standard InChI is InChI=1S/C12H22N2O2/c1-11(2,3)12-5-4-8(9(12)13)6-14(7-12)10(15)16/h8-9H,4-7,13H2,1-3H3,(H,15,16). The zero-order valence-electron chi connectivity index (χ0n) is 10.4. The molecule has 1 aliphatic heterocycles. The average molecular weight is 226 g/mol. The van der Waals surface area contributed by atoms with Gasteiger partial charge in [-0.05, 0) is 24.2 Å². The Morgan fingerprint density at radius 3 is 2.62 bits per heavy atom. The first-order valence-electron chi connectivity index (χ1n) is 6.01. The van der Waals surface area contributed by atoms with Crippen molar-refractivity contribution in [2.24, 2.45) is 22.5 Å². The summed E-state index contributed by atoms with van der Waals surface area (Å²) in [6, 6.07) is 0.156. The number of likely N-dealkylation sites (tertiary alicyclic amines) is 1. The van der Waals surface area contributed by atoms with Gasteiger partial charge >= 0.3 is 6.09 Å². The fourth-order valence-corrected chi connectivity index (χ4v) is 3.58. The van der Waals surface area contributed by atoms with Crippen molar-refractivity contribution in [3.63, 3.8) is 0 Å². The molecule has 0 radical (unpaired) electrons. The van der Waals surface area contributed by atoms with Gasteiger partial charge in [0, 0.05) is 24.5 Å². The van der Waals surface area contributed by atoms with Gasteiger partial charge in [0.25, 0.3) is 0 Å². The van der Waals surface area contributed by atoms with Crippen LogP contribution >= 0.6 is 0 Å². The van der Waals surface area contributed by atoms with Crippen LogP contribution in [0.25, 0.3) is 0 Å². The van der Waals surface area contributed by atoms with Crippen LogP contribution in [0.1, 0.15) is 33.6 Å². The number of rotatable bonds is 0. The molecule has 1 heterocycles. The van der Waals surface area contributed by atoms with Gasteiger partial charge in [-0.25, -0.2) is 4.79 Å². The van der Waals surface area contributed by atoms with Crippen molar-refractivity contribution in [1.82, 2.24) is 4.90 Å². The van der Waals surface area contributed by atoms with E-state index in [1.165, 1.54) is 0 Å². The number of carbonyl (C=O) groups is 1. The van der Waals surface area contributed by atoms with Gasteiger partial charge in [-0.1, -0.05) is 20.8 Å². The van der Waals surface area contributed by atoms with Crippen molar-refractivity contribution in [1.29, 1.82) is 0 Å². The molecule has 3 atom stereocenters. The molecule has 92 valence electrons. The maximum absolute atomic E-state index is 11.1. The van der Waals surface area contributed by atoms with Crippen LogP contribution in [0.3, 0.4) is 0 Å². The molecule has 2 fully saturated rings. The highest BCUT2D eigenvalue weighted by atomic mass is 16.4. The van der Waals surface area contributed by atoms with Crippen LogP contribution in [0.5, 0.6) is 0 Å². The lowest BCUT2D eigenvalue weighted by Gasteiger charge is -2.51. The quantitative estimate of drug-likeness (QED) is 0.661. The summed E-state index contributed by atoms with van der Waals surface area (Å²) in [4.78, 5) is 12.7. The molecule has 2 rings (SSSR count). The predicted octanol–water partition coefficient (Wildman–Crippen LogP) is 1.75. The fourth-order valence-electron chi connectivity index (χ4n) is 3.58. The van der Waals surface area contributed by atoms with E-state index in [2.05, 4.69) is 20.8 Å². The normalized spacial score (nSPS) is 38.9. The number of nitrogens with two attached hydrogens (primary N) is 1. The van der Waals surface area contributed by atoms with Crippen LogP contribution in [0, 0.1) is 16.7 Å². The Labute approximate surface area is 96.8 Å². The molecule has 2 bridgehead atoms. The summed E-state index contributed by atoms with van der Waals surface area (Å²) in [5, 5.41) is 9.15. The predicted molar refractivity (Wildman–Crippen MR) is 62.2 cm³/mol. The van der Waals surface area contributed by atoms with Crippen molar-refractivity contribution < 1.29 is 9.90 Å². The Morgan fingerprint density at radius 1 is 1.50 bits per heavy atom. The van der Waals surface area contributed by atoms with E-state index in [4.69, 9.17) is 10.8 Å². The number of nitrogens with zero attached hydrogens (tertiary/aromatic N) is 1. The van der Waals surface area contributed by atoms with Crippen LogP contribution in [0.2, 0.25) is 0 Å². The summed E-state index contributed by atoms with van der Waals surface area (Å²) >= 11 is 0. The third kappa shape index (κ3) is 1.43. The first-order chi connectivity index (χ1) is 7.28. The number of fused-ring (bicyclic) bond motifs is 2. The van der Waals surface area contributed by atoms with E-state index < -0.39 is 6.09 Å². The Kier molecular flexibility index (Phi) is 2.46. The second kappa shape index (κ2) is 3.36. The number of carboxylic acid groups (broad SMARTS) is 1. The molecule has 1 aliphatic carbocycles. The monoisotopic (exact) mass is 226 g/mol. The number of hydrogen-bond acceptors (Lipinski definition) is 2. The topological polar surface area (TPSA) is 66.6 Å². The Balaban J connectivity index is 2.33. The largest absolute Gasteiger partial charge is 0.465 e. The Hall–Kier alpha value is -0.770. The van der Waals surface area contributed by atoms with Gasteiger partial charge in [0.15, 0.2) is 0 Å². The highest BCUT2D eigenvalue weighted by Crippen LogP contribution is 2.55. The molecule has 4 heteroatoms. The summed E-state index contributed by atoms with van der Waals surface area (Å²) in [5.41, 5.74) is 6.38. The van der Waals surface area contributed by atoms with E-state index in [9.17, 15) is 4.79 Å². The van der Waals surface area contributed by atoms with Crippen molar-refractivity contribution in [2.75, 3.05) is 13.1 Å². The zero-order chi connectivity index (χ0) is 12.1. The fraction of sp³-hybridized carbons (Fsp3) is 0.917. The molecule has 0 aromatic carbocycles. The van der Waals surface area contributed by atoms with Crippen LogP contribution in [-0.4, -0.2) is 35.2 Å². The molecule has 0 aromatic rings. The second-order valence-corrected chi connectivity index (χ2v) is 6.39. The van der Waals surface area contributed by atoms with Gasteiger partial charge in [0.05, 0.1) is 0 Å². The van der Waals surface area contributed by atoms with E-state index in [-0.39, 0.29) is 16.9 Å². The SMILES string of the molecule is CC(C)(C)C12CCC(CN(C(=O)O)C1)C2N. The molecule has 4 nitrogen and oxygen atoms in total. The minimum atomic E-state index is -0.799. The third-order valence-corrected chi connectivity index (χ3v) is 4.80. The summed E-state index contributed by atoms with van der Waals surface area (Å²) in [5.74, 6) is 0.351. The second-order valence-electron chi connectivity index (χ2n) is 6.39. The Bertz CT molecular complexity index is 311. The molecule has 3 unspecified atom stereocenters. The molecule has 16 heavy (non-hydrogen) atoms. The molecule has 3 N–H and O–H groups in total. The van der Waals surface area contributed by atoms with Gasteiger partial charge < -0.3 is 15.7 Å². The summed E-state index contributed by atoms with van der Waals surface area (Å²) in [6.45, 7) is 7.76. The molecule has 0 spiro atoms. The maximum Gasteiger partial charge on any atom is 0.407 e. The molecular formula is C12H22N2O2. The molecule has 2 aliphatic rings. The zero-order valence-corrected chi connectivity index (χ0v) is 10.4. The van der Waals surface area contributed by atoms with Crippen LogP contribution < -0.4 is 5.73 Å². The smallest absolute Gasteiger partial charge is 0.407 e. The minimum Gasteiger partial charge on any atom is -0.465 e. The molecule has 1 saturated heterocycles. The summed E-state index contributed by atoms with van der Waals surface area (Å²) in [7, 11) is 0. The molecule has 0 aromatic heterocycles. The molecule has 1 saturated carbocycles. The highest BCUT2D eigenvalue weighted by Gasteiger charge is 2.57. The van der Waals surface area contributed by atoms with Crippen LogP contribution in [0.15, 0.2) is 0 Å². The van der Waals surface area contributed by atoms with Gasteiger partial charge in [-0.15, -0.1) is 0 Å². The van der Waals surface area contributed by atoms with Gasteiger partial charge in [-0.3, -0.25) is 0 Å². The lowest BCUT2D eigenvalue weighted by molar-refractivity contribution is -0.00512. The third-order valence-electron chi connectivity index (χ3n) is 4.80. The first-order valence-corrected chi connectivity index (χ1v) is 6.01. The van der Waals surface area contributed by atoms with Crippen molar-refractivity contribution in [3.8, 4) is 0 Å². The number of piperidine rings is 1. The Morgan fingerprint density at radius 2 is 2.12 bits per heavy atom. The van der Waals surface area contributed by atoms with Gasteiger partial charge in [0.2, 0.25) is 0 Å². The summed E-state index contributed by atoms with van der Waals surface area (Å²) < 4.78 is 0. The number of hydrogen-bond donors (Lipinski definition) is 2. The lowest BCUT2D eigenvalue weighted by atomic mass is 9.61. The highest BCUT2D eigenvalue weighted by molar-refractivity contribution is 5.65. The van der Waals surface area contributed by atoms with Crippen LogP contribution in [0.4, 0.5) is 4.79 Å². The van der Waals surface area contributed by atoms with E-state index in [1.54, 1.807) is 4.90 Å². The number of amides is 1. The lowest BCUT2D eigenvalue weighted by Crippen LogP contribution is -2.61. The van der Waals surface area contributed by atoms with E-state index >= 15 is 0 Å². The minimum absolute atomic E-state index is 0.0334. The van der Waals surface area contributed by atoms with Gasteiger partial charge in [-0.2, -0.15) is 0 Å². The van der Waals surface area contributed by atoms with Crippen molar-refractivity contribution in [2.45, 2.75) is 39.7 Å². The van der Waals surface area contributed by atoms with E-state index in [1.807, 2.05) is 0 Å². The van der Waals surface area contributed by atoms with E-state index in [0.717, 1.165) is 12.8 Å². The maximum atomic E-state index is 11.1. The average Bonchev–Trinajstić information content (AvgIpc) is 2.37. The summed E-state index contributed by atoms with van der Waals surface area (Å²) in [6.07, 6.45) is 1.33. The molecular weight excluding hydrogens is 204 g/mol. The molecule has 1 amide bonds. The van der Waals surface area contributed by atoms with Crippen LogP contribution in [-0.2, 0) is 0 Å². The first kappa shape index (κ1) is 11.7. The van der Waals surface area contributed by atoms with Gasteiger partial charge in [0.1, 0.15) is 0 Å². The van der Waals surface area contributed by atoms with E-state index in [0.29, 0.717) is 19.0 Å². The van der Waals surface area contributed by atoms with Crippen molar-refractivity contribution >= 4 is 6.09 Å². The van der Waals surface area contributed by atoms with Crippen molar-refractivity contribution in [3.05, 3.63) is 0 Å².